The van der Waals surface area contributed by atoms with Gasteiger partial charge in [-0.25, -0.2) is 0 Å². The molecule has 128 valence electrons. The van der Waals surface area contributed by atoms with Gasteiger partial charge in [-0.05, 0) is 18.6 Å². The van der Waals surface area contributed by atoms with E-state index >= 15 is 0 Å². The third-order valence-electron chi connectivity index (χ3n) is 4.65. The lowest BCUT2D eigenvalue weighted by Gasteiger charge is -2.38. The first kappa shape index (κ1) is 16.7. The summed E-state index contributed by atoms with van der Waals surface area (Å²) in [5.41, 5.74) is 0.225. The summed E-state index contributed by atoms with van der Waals surface area (Å²) in [5.74, 6) is -0.170. The summed E-state index contributed by atoms with van der Waals surface area (Å²) in [6, 6.07) is 8.34. The zero-order valence-corrected chi connectivity index (χ0v) is 13.8. The van der Waals surface area contributed by atoms with Gasteiger partial charge in [-0.1, -0.05) is 19.1 Å². The zero-order valence-electron chi connectivity index (χ0n) is 13.8. The molecule has 6 heteroatoms. The average molecular weight is 330 g/mol. The van der Waals surface area contributed by atoms with Crippen LogP contribution in [0.5, 0.6) is 0 Å². The van der Waals surface area contributed by atoms with Gasteiger partial charge in [-0.3, -0.25) is 14.5 Å². The van der Waals surface area contributed by atoms with E-state index in [4.69, 9.17) is 4.42 Å². The molecule has 0 radical (unpaired) electrons. The van der Waals surface area contributed by atoms with Crippen LogP contribution in [0.4, 0.5) is 0 Å². The van der Waals surface area contributed by atoms with Crippen LogP contribution in [0.25, 0.3) is 11.0 Å². The number of aliphatic hydroxyl groups excluding tert-OH is 1. The molecule has 2 heterocycles. The SMILES string of the molecule is CCC(CO)N1CCN(C(=O)c2cc(=O)c3ccccc3o2)CC1. The molecular formula is C18H22N2O4. The molecule has 1 atom stereocenters. The minimum Gasteiger partial charge on any atom is -0.451 e. The number of hydrogen-bond donors (Lipinski definition) is 1. The highest BCUT2D eigenvalue weighted by Crippen LogP contribution is 2.15. The Bertz CT molecular complexity index is 774. The number of nitrogens with zero attached hydrogens (tertiary/aromatic N) is 2. The third-order valence-corrected chi connectivity index (χ3v) is 4.65. The number of aliphatic hydroxyl groups is 1. The second kappa shape index (κ2) is 7.15. The van der Waals surface area contributed by atoms with Crippen LogP contribution < -0.4 is 5.43 Å². The number of fused-ring (bicyclic) bond motifs is 1. The number of para-hydroxylation sites is 1. The fourth-order valence-electron chi connectivity index (χ4n) is 3.16. The molecule has 1 aliphatic rings. The highest BCUT2D eigenvalue weighted by molar-refractivity contribution is 5.93. The van der Waals surface area contributed by atoms with Crippen molar-refractivity contribution in [2.45, 2.75) is 19.4 Å². The van der Waals surface area contributed by atoms with E-state index in [0.717, 1.165) is 6.42 Å². The monoisotopic (exact) mass is 330 g/mol. The fourth-order valence-corrected chi connectivity index (χ4v) is 3.16. The quantitative estimate of drug-likeness (QED) is 0.915. The number of hydrogen-bond acceptors (Lipinski definition) is 5. The maximum atomic E-state index is 12.6. The summed E-state index contributed by atoms with van der Waals surface area (Å²) in [6.45, 7) is 4.72. The van der Waals surface area contributed by atoms with E-state index in [9.17, 15) is 14.7 Å². The van der Waals surface area contributed by atoms with Gasteiger partial charge in [0.05, 0.1) is 12.0 Å². The van der Waals surface area contributed by atoms with Gasteiger partial charge in [-0.15, -0.1) is 0 Å². The molecule has 6 nitrogen and oxygen atoms in total. The summed E-state index contributed by atoms with van der Waals surface area (Å²) >= 11 is 0. The van der Waals surface area contributed by atoms with Crippen molar-refractivity contribution < 1.29 is 14.3 Å². The van der Waals surface area contributed by atoms with Crippen molar-refractivity contribution in [3.63, 3.8) is 0 Å². The highest BCUT2D eigenvalue weighted by atomic mass is 16.3. The molecule has 3 rings (SSSR count). The smallest absolute Gasteiger partial charge is 0.289 e. The number of rotatable bonds is 4. The van der Waals surface area contributed by atoms with Gasteiger partial charge in [0.2, 0.25) is 0 Å². The van der Waals surface area contributed by atoms with Crippen molar-refractivity contribution in [3.05, 3.63) is 46.3 Å². The topological polar surface area (TPSA) is 74.0 Å². The first-order chi connectivity index (χ1) is 11.6. The Hall–Kier alpha value is -2.18. The van der Waals surface area contributed by atoms with E-state index in [1.807, 2.05) is 6.92 Å². The predicted molar refractivity (Wildman–Crippen MR) is 91.1 cm³/mol. The molecule has 0 aliphatic carbocycles. The van der Waals surface area contributed by atoms with Crippen molar-refractivity contribution in [2.75, 3.05) is 32.8 Å². The van der Waals surface area contributed by atoms with Crippen molar-refractivity contribution in [1.29, 1.82) is 0 Å². The van der Waals surface area contributed by atoms with E-state index in [1.165, 1.54) is 6.07 Å². The predicted octanol–water partition coefficient (Wildman–Crippen LogP) is 1.32. The van der Waals surface area contributed by atoms with Crippen LogP contribution in [0.2, 0.25) is 0 Å². The molecule has 24 heavy (non-hydrogen) atoms. The van der Waals surface area contributed by atoms with Gasteiger partial charge in [-0.2, -0.15) is 0 Å². The summed E-state index contributed by atoms with van der Waals surface area (Å²) < 4.78 is 5.63. The van der Waals surface area contributed by atoms with E-state index < -0.39 is 0 Å². The molecule has 1 fully saturated rings. The standard InChI is InChI=1S/C18H22N2O4/c1-2-13(12-21)19-7-9-20(10-8-19)18(23)17-11-15(22)14-5-3-4-6-16(14)24-17/h3-6,11,13,21H,2,7-10,12H2,1H3. The van der Waals surface area contributed by atoms with Gasteiger partial charge in [0.25, 0.3) is 5.91 Å². The molecule has 1 N–H and O–H groups in total. The maximum Gasteiger partial charge on any atom is 0.289 e. The average Bonchev–Trinajstić information content (AvgIpc) is 2.63. The molecule has 1 amide bonds. The van der Waals surface area contributed by atoms with Crippen LogP contribution in [-0.2, 0) is 0 Å². The summed E-state index contributed by atoms with van der Waals surface area (Å²) in [6.07, 6.45) is 0.879. The summed E-state index contributed by atoms with van der Waals surface area (Å²) in [5, 5.41) is 9.87. The van der Waals surface area contributed by atoms with Gasteiger partial charge >= 0.3 is 0 Å². The van der Waals surface area contributed by atoms with Crippen molar-refractivity contribution in [2.24, 2.45) is 0 Å². The van der Waals surface area contributed by atoms with Crippen LogP contribution in [0.15, 0.2) is 39.5 Å². The normalized spacial score (nSPS) is 17.2. The lowest BCUT2D eigenvalue weighted by Crippen LogP contribution is -2.52. The van der Waals surface area contributed by atoms with E-state index in [-0.39, 0.29) is 29.7 Å². The van der Waals surface area contributed by atoms with E-state index in [0.29, 0.717) is 37.1 Å². The Labute approximate surface area is 140 Å². The molecular weight excluding hydrogens is 308 g/mol. The number of amides is 1. The molecule has 2 aromatic rings. The number of benzene rings is 1. The van der Waals surface area contributed by atoms with Crippen molar-refractivity contribution in [1.82, 2.24) is 9.80 Å². The van der Waals surface area contributed by atoms with Gasteiger partial charge < -0.3 is 14.4 Å². The molecule has 1 aromatic heterocycles. The van der Waals surface area contributed by atoms with E-state index in [2.05, 4.69) is 4.90 Å². The maximum absolute atomic E-state index is 12.6. The molecule has 1 unspecified atom stereocenters. The largest absolute Gasteiger partial charge is 0.451 e. The van der Waals surface area contributed by atoms with Crippen LogP contribution in [0.1, 0.15) is 23.9 Å². The third kappa shape index (κ3) is 3.20. The first-order valence-corrected chi connectivity index (χ1v) is 8.31. The molecule has 1 aromatic carbocycles. The molecule has 0 bridgehead atoms. The van der Waals surface area contributed by atoms with Crippen LogP contribution in [0.3, 0.4) is 0 Å². The Kier molecular flexibility index (Phi) is 4.97. The number of carbonyl (C=O) groups is 1. The van der Waals surface area contributed by atoms with Crippen LogP contribution >= 0.6 is 0 Å². The Morgan fingerprint density at radius 3 is 2.62 bits per heavy atom. The molecule has 0 saturated carbocycles. The molecule has 1 saturated heterocycles. The van der Waals surface area contributed by atoms with Gasteiger partial charge in [0.1, 0.15) is 5.58 Å². The second-order valence-corrected chi connectivity index (χ2v) is 6.04. The highest BCUT2D eigenvalue weighted by Gasteiger charge is 2.27. The van der Waals surface area contributed by atoms with Crippen LogP contribution in [-0.4, -0.2) is 59.6 Å². The second-order valence-electron chi connectivity index (χ2n) is 6.04. The van der Waals surface area contributed by atoms with Crippen LogP contribution in [0, 0.1) is 0 Å². The Morgan fingerprint density at radius 1 is 1.25 bits per heavy atom. The fraction of sp³-hybridized carbons (Fsp3) is 0.444. The summed E-state index contributed by atoms with van der Waals surface area (Å²) in [7, 11) is 0. The zero-order chi connectivity index (χ0) is 17.1. The lowest BCUT2D eigenvalue weighted by molar-refractivity contribution is 0.0450. The van der Waals surface area contributed by atoms with Gasteiger partial charge in [0.15, 0.2) is 11.2 Å². The minimum atomic E-state index is -0.255. The summed E-state index contributed by atoms with van der Waals surface area (Å²) in [4.78, 5) is 28.7. The van der Waals surface area contributed by atoms with Gasteiger partial charge in [0, 0.05) is 38.3 Å². The van der Waals surface area contributed by atoms with Crippen molar-refractivity contribution in [3.8, 4) is 0 Å². The van der Waals surface area contributed by atoms with E-state index in [1.54, 1.807) is 29.2 Å². The molecule has 1 aliphatic heterocycles. The number of carbonyl (C=O) groups excluding carboxylic acids is 1. The lowest BCUT2D eigenvalue weighted by atomic mass is 10.1. The molecule has 0 spiro atoms. The van der Waals surface area contributed by atoms with Crippen molar-refractivity contribution >= 4 is 16.9 Å². The Morgan fingerprint density at radius 2 is 1.96 bits per heavy atom. The Balaban J connectivity index is 1.75. The minimum absolute atomic E-state index is 0.0846. The first-order valence-electron chi connectivity index (χ1n) is 8.31. The number of piperazine rings is 1.